The van der Waals surface area contributed by atoms with Crippen LogP contribution in [0.2, 0.25) is 0 Å². The van der Waals surface area contributed by atoms with Crippen LogP contribution in [0.1, 0.15) is 35.3 Å². The lowest BCUT2D eigenvalue weighted by Gasteiger charge is -2.14. The van der Waals surface area contributed by atoms with Gasteiger partial charge in [-0.3, -0.25) is 14.4 Å². The number of amides is 1. The first-order valence-corrected chi connectivity index (χ1v) is 9.75. The van der Waals surface area contributed by atoms with Crippen molar-refractivity contribution in [3.8, 4) is 0 Å². The summed E-state index contributed by atoms with van der Waals surface area (Å²) in [7, 11) is 0. The fourth-order valence-corrected chi connectivity index (χ4v) is 3.05. The Hall–Kier alpha value is -2.60. The minimum Gasteiger partial charge on any atom is -0.452 e. The molecule has 0 aliphatic heterocycles. The van der Waals surface area contributed by atoms with E-state index in [4.69, 9.17) is 4.74 Å². The fourth-order valence-electron chi connectivity index (χ4n) is 2.28. The number of anilines is 1. The summed E-state index contributed by atoms with van der Waals surface area (Å²) in [5, 5.41) is 2.65. The molecule has 1 N–H and O–H groups in total. The van der Waals surface area contributed by atoms with E-state index < -0.39 is 18.0 Å². The highest BCUT2D eigenvalue weighted by molar-refractivity contribution is 7.99. The number of carbonyl (C=O) groups excluding carboxylic acids is 3. The topological polar surface area (TPSA) is 72.5 Å². The molecule has 0 fully saturated rings. The van der Waals surface area contributed by atoms with Crippen molar-refractivity contribution in [2.24, 2.45) is 0 Å². The molecule has 0 radical (unpaired) electrons. The van der Waals surface area contributed by atoms with Gasteiger partial charge in [-0.1, -0.05) is 42.0 Å². The average molecular weight is 385 g/mol. The number of aryl methyl sites for hydroxylation is 1. The highest BCUT2D eigenvalue weighted by Crippen LogP contribution is 2.15. The minimum absolute atomic E-state index is 0.0869. The van der Waals surface area contributed by atoms with Crippen molar-refractivity contribution in [3.05, 3.63) is 65.2 Å². The molecule has 0 aliphatic carbocycles. The van der Waals surface area contributed by atoms with Crippen LogP contribution >= 0.6 is 11.8 Å². The third kappa shape index (κ3) is 6.90. The Balaban J connectivity index is 1.77. The molecule has 27 heavy (non-hydrogen) atoms. The summed E-state index contributed by atoms with van der Waals surface area (Å²) in [6.45, 7) is 5.00. The van der Waals surface area contributed by atoms with Gasteiger partial charge < -0.3 is 10.1 Å². The average Bonchev–Trinajstić information content (AvgIpc) is 2.63. The number of hydrogen-bond donors (Lipinski definition) is 1. The molecule has 0 bridgehead atoms. The molecule has 6 heteroatoms. The van der Waals surface area contributed by atoms with Gasteiger partial charge in [0.1, 0.15) is 0 Å². The predicted octanol–water partition coefficient (Wildman–Crippen LogP) is 4.00. The van der Waals surface area contributed by atoms with Crippen LogP contribution in [0, 0.1) is 6.92 Å². The monoisotopic (exact) mass is 385 g/mol. The molecule has 0 saturated carbocycles. The number of carbonyl (C=O) groups is 3. The summed E-state index contributed by atoms with van der Waals surface area (Å²) in [5.41, 5.74) is 3.32. The SMILES string of the molecule is CC(=O)c1cccc(NC(=O)[C@@H](C)OC(=O)CSCc2ccc(C)cc2)c1. The van der Waals surface area contributed by atoms with Gasteiger partial charge in [-0.05, 0) is 38.5 Å². The van der Waals surface area contributed by atoms with E-state index in [1.165, 1.54) is 31.2 Å². The number of ether oxygens (including phenoxy) is 1. The molecule has 2 aromatic rings. The molecule has 0 aromatic heterocycles. The van der Waals surface area contributed by atoms with Crippen molar-refractivity contribution in [1.82, 2.24) is 0 Å². The maximum absolute atomic E-state index is 12.2. The lowest BCUT2D eigenvalue weighted by molar-refractivity contribution is -0.150. The first kappa shape index (κ1) is 20.7. The number of ketones is 1. The molecule has 5 nitrogen and oxygen atoms in total. The van der Waals surface area contributed by atoms with Crippen LogP contribution in [0.4, 0.5) is 5.69 Å². The molecule has 142 valence electrons. The van der Waals surface area contributed by atoms with Gasteiger partial charge in [0, 0.05) is 17.0 Å². The van der Waals surface area contributed by atoms with Gasteiger partial charge in [-0.15, -0.1) is 11.8 Å². The van der Waals surface area contributed by atoms with E-state index in [2.05, 4.69) is 5.32 Å². The van der Waals surface area contributed by atoms with Crippen molar-refractivity contribution in [1.29, 1.82) is 0 Å². The van der Waals surface area contributed by atoms with Crippen LogP contribution in [0.3, 0.4) is 0 Å². The maximum Gasteiger partial charge on any atom is 0.316 e. The van der Waals surface area contributed by atoms with E-state index in [0.29, 0.717) is 17.0 Å². The summed E-state index contributed by atoms with van der Waals surface area (Å²) in [6, 6.07) is 14.7. The van der Waals surface area contributed by atoms with Crippen molar-refractivity contribution in [2.75, 3.05) is 11.1 Å². The summed E-state index contributed by atoms with van der Waals surface area (Å²) in [5.74, 6) is -0.0879. The number of rotatable bonds is 8. The van der Waals surface area contributed by atoms with Gasteiger partial charge in [0.05, 0.1) is 5.75 Å². The molecule has 0 heterocycles. The number of hydrogen-bond acceptors (Lipinski definition) is 5. The Morgan fingerprint density at radius 2 is 1.81 bits per heavy atom. The molecule has 0 unspecified atom stereocenters. The molecule has 2 rings (SSSR count). The van der Waals surface area contributed by atoms with Gasteiger partial charge in [-0.2, -0.15) is 0 Å². The number of nitrogens with one attached hydrogen (secondary N) is 1. The molecule has 0 saturated heterocycles. The van der Waals surface area contributed by atoms with Crippen LogP contribution < -0.4 is 5.32 Å². The normalized spacial score (nSPS) is 11.5. The van der Waals surface area contributed by atoms with E-state index in [1.807, 2.05) is 31.2 Å². The Labute approximate surface area is 163 Å². The van der Waals surface area contributed by atoms with Crippen molar-refractivity contribution in [3.63, 3.8) is 0 Å². The van der Waals surface area contributed by atoms with E-state index in [-0.39, 0.29) is 11.5 Å². The molecule has 1 atom stereocenters. The highest BCUT2D eigenvalue weighted by Gasteiger charge is 2.18. The Morgan fingerprint density at radius 1 is 1.11 bits per heavy atom. The third-order valence-electron chi connectivity index (χ3n) is 3.82. The second-order valence-corrected chi connectivity index (χ2v) is 7.22. The Morgan fingerprint density at radius 3 is 2.48 bits per heavy atom. The number of Topliss-reactive ketones (excluding diaryl/α,β-unsaturated/α-hetero) is 1. The van der Waals surface area contributed by atoms with Crippen molar-refractivity contribution in [2.45, 2.75) is 32.6 Å². The second-order valence-electron chi connectivity index (χ2n) is 6.24. The minimum atomic E-state index is -0.918. The van der Waals surface area contributed by atoms with E-state index in [1.54, 1.807) is 24.3 Å². The summed E-state index contributed by atoms with van der Waals surface area (Å²) >= 11 is 1.44. The van der Waals surface area contributed by atoms with E-state index >= 15 is 0 Å². The summed E-state index contributed by atoms with van der Waals surface area (Å²) in [4.78, 5) is 35.5. The first-order chi connectivity index (χ1) is 12.8. The lowest BCUT2D eigenvalue weighted by atomic mass is 10.1. The molecule has 2 aromatic carbocycles. The van der Waals surface area contributed by atoms with Crippen LogP contribution in [0.15, 0.2) is 48.5 Å². The highest BCUT2D eigenvalue weighted by atomic mass is 32.2. The molecular weight excluding hydrogens is 362 g/mol. The second kappa shape index (κ2) is 9.92. The predicted molar refractivity (Wildman–Crippen MR) is 108 cm³/mol. The number of benzene rings is 2. The largest absolute Gasteiger partial charge is 0.452 e. The standard InChI is InChI=1S/C21H23NO4S/c1-14-7-9-17(10-8-14)12-27-13-20(24)26-16(3)21(25)22-19-6-4-5-18(11-19)15(2)23/h4-11,16H,12-13H2,1-3H3,(H,22,25)/t16-/m1/s1. The molecule has 0 aliphatic rings. The van der Waals surface area contributed by atoms with Gasteiger partial charge in [0.2, 0.25) is 0 Å². The van der Waals surface area contributed by atoms with Crippen LogP contribution in [0.5, 0.6) is 0 Å². The summed E-state index contributed by atoms with van der Waals surface area (Å²) < 4.78 is 5.18. The summed E-state index contributed by atoms with van der Waals surface area (Å²) in [6.07, 6.45) is -0.918. The zero-order valence-electron chi connectivity index (χ0n) is 15.7. The zero-order valence-corrected chi connectivity index (χ0v) is 16.5. The smallest absolute Gasteiger partial charge is 0.316 e. The van der Waals surface area contributed by atoms with Crippen molar-refractivity contribution >= 4 is 35.1 Å². The number of thioether (sulfide) groups is 1. The molecular formula is C21H23NO4S. The van der Waals surface area contributed by atoms with Gasteiger partial charge in [-0.25, -0.2) is 0 Å². The Kier molecular flexibility index (Phi) is 7.61. The van der Waals surface area contributed by atoms with Crippen molar-refractivity contribution < 1.29 is 19.1 Å². The van der Waals surface area contributed by atoms with Gasteiger partial charge in [0.15, 0.2) is 11.9 Å². The third-order valence-corrected chi connectivity index (χ3v) is 4.80. The first-order valence-electron chi connectivity index (χ1n) is 8.60. The fraction of sp³-hybridized carbons (Fsp3) is 0.286. The molecule has 1 amide bonds. The van der Waals surface area contributed by atoms with Gasteiger partial charge in [0.25, 0.3) is 5.91 Å². The van der Waals surface area contributed by atoms with Crippen LogP contribution in [-0.2, 0) is 20.1 Å². The van der Waals surface area contributed by atoms with E-state index in [0.717, 1.165) is 5.56 Å². The zero-order chi connectivity index (χ0) is 19.8. The maximum atomic E-state index is 12.2. The van der Waals surface area contributed by atoms with E-state index in [9.17, 15) is 14.4 Å². The quantitative estimate of drug-likeness (QED) is 0.549. The van der Waals surface area contributed by atoms with Gasteiger partial charge >= 0.3 is 5.97 Å². The molecule has 0 spiro atoms. The number of esters is 1. The van der Waals surface area contributed by atoms with Crippen LogP contribution in [-0.4, -0.2) is 29.5 Å². The lowest BCUT2D eigenvalue weighted by Crippen LogP contribution is -2.30. The Bertz CT molecular complexity index is 817. The van der Waals surface area contributed by atoms with Crippen LogP contribution in [0.25, 0.3) is 0 Å².